The molecule has 4 aromatic rings. The predicted molar refractivity (Wildman–Crippen MR) is 299 cm³/mol. The summed E-state index contributed by atoms with van der Waals surface area (Å²) in [5.41, 5.74) is 4.10. The van der Waals surface area contributed by atoms with Crippen LogP contribution in [0.4, 0.5) is 0 Å². The molecule has 1 amide bonds. The molecule has 1 aliphatic rings. The maximum atomic E-state index is 13.7. The van der Waals surface area contributed by atoms with Gasteiger partial charge in [0.2, 0.25) is 5.91 Å². The fourth-order valence-corrected chi connectivity index (χ4v) is 10.1. The quantitative estimate of drug-likeness (QED) is 0.0337. The van der Waals surface area contributed by atoms with Gasteiger partial charge in [0.1, 0.15) is 24.4 Å². The number of carbonyl (C=O) groups excluding carboxylic acids is 1. The molecule has 8 heteroatoms. The lowest BCUT2D eigenvalue weighted by Gasteiger charge is -2.47. The Morgan fingerprint density at radius 2 is 0.849 bits per heavy atom. The average Bonchev–Trinajstić information content (AvgIpc) is 3.42. The number of benzene rings is 4. The lowest BCUT2D eigenvalue weighted by Crippen LogP contribution is -2.62. The summed E-state index contributed by atoms with van der Waals surface area (Å²) in [5, 5.41) is 14.6. The van der Waals surface area contributed by atoms with Crippen molar-refractivity contribution in [2.45, 2.75) is 237 Å². The summed E-state index contributed by atoms with van der Waals surface area (Å²) in [6, 6.07) is 39.7. The van der Waals surface area contributed by atoms with E-state index in [1.54, 1.807) is 0 Å². The summed E-state index contributed by atoms with van der Waals surface area (Å²) in [5.74, 6) is -0.0874. The molecule has 1 saturated heterocycles. The van der Waals surface area contributed by atoms with Gasteiger partial charge in [0, 0.05) is 6.42 Å². The van der Waals surface area contributed by atoms with Crippen LogP contribution < -0.4 is 5.32 Å². The minimum atomic E-state index is -1.01. The SMILES string of the molecule is C=C[C@@H](O)[C@H](C[C@H]1O[C@H](COCc2ccccc2)[C@H](OCc2ccccc2)[C@H](OCc2ccccc2)[C@H]1OCc1ccccc1)NC(=O)CCCCCCCCCCCCCCCCCCCCCCCCC. The molecule has 0 saturated carbocycles. The van der Waals surface area contributed by atoms with Crippen LogP contribution in [-0.4, -0.2) is 60.3 Å². The number of rotatable bonds is 42. The highest BCUT2D eigenvalue weighted by molar-refractivity contribution is 5.76. The van der Waals surface area contributed by atoms with Gasteiger partial charge in [-0.2, -0.15) is 0 Å². The highest BCUT2D eigenvalue weighted by Crippen LogP contribution is 2.33. The van der Waals surface area contributed by atoms with Crippen molar-refractivity contribution >= 4 is 5.91 Å². The summed E-state index contributed by atoms with van der Waals surface area (Å²) < 4.78 is 34.2. The van der Waals surface area contributed by atoms with Crippen LogP contribution in [-0.2, 0) is 54.9 Å². The molecule has 1 fully saturated rings. The number of carbonyl (C=O) groups is 1. The molecular weight excluding hydrogens is 907 g/mol. The number of amides is 1. The zero-order valence-electron chi connectivity index (χ0n) is 45.0. The zero-order chi connectivity index (χ0) is 51.2. The molecule has 0 aliphatic carbocycles. The Morgan fingerprint density at radius 3 is 1.23 bits per heavy atom. The average molecular weight is 1000 g/mol. The Labute approximate surface area is 442 Å². The molecule has 5 rings (SSSR count). The van der Waals surface area contributed by atoms with E-state index in [1.807, 2.05) is 121 Å². The lowest BCUT2D eigenvalue weighted by atomic mass is 9.89. The Kier molecular flexibility index (Phi) is 31.4. The van der Waals surface area contributed by atoms with Gasteiger partial charge >= 0.3 is 0 Å². The molecule has 0 spiro atoms. The lowest BCUT2D eigenvalue weighted by molar-refractivity contribution is -0.274. The summed E-state index contributed by atoms with van der Waals surface area (Å²) in [6.45, 7) is 7.80. The number of aliphatic hydroxyl groups is 1. The predicted octanol–water partition coefficient (Wildman–Crippen LogP) is 15.5. The summed E-state index contributed by atoms with van der Waals surface area (Å²) in [6.07, 6.45) is 28.7. The fraction of sp³-hybridized carbons (Fsp3) is 0.585. The maximum absolute atomic E-state index is 13.7. The van der Waals surface area contributed by atoms with E-state index < -0.39 is 42.7 Å². The van der Waals surface area contributed by atoms with E-state index in [-0.39, 0.29) is 18.9 Å². The van der Waals surface area contributed by atoms with Crippen LogP contribution in [0.3, 0.4) is 0 Å². The normalized spacial score (nSPS) is 18.6. The largest absolute Gasteiger partial charge is 0.387 e. The number of ether oxygens (including phenoxy) is 5. The minimum absolute atomic E-state index is 0.0874. The first kappa shape index (κ1) is 59.7. The topological polar surface area (TPSA) is 95.5 Å². The number of hydrogen-bond donors (Lipinski definition) is 2. The van der Waals surface area contributed by atoms with Crippen molar-refractivity contribution in [3.8, 4) is 0 Å². The molecule has 1 aliphatic heterocycles. The van der Waals surface area contributed by atoms with Crippen molar-refractivity contribution in [3.05, 3.63) is 156 Å². The van der Waals surface area contributed by atoms with Gasteiger partial charge in [0.05, 0.1) is 51.3 Å². The molecule has 73 heavy (non-hydrogen) atoms. The van der Waals surface area contributed by atoms with Gasteiger partial charge in [0.15, 0.2) is 0 Å². The third-order valence-electron chi connectivity index (χ3n) is 14.5. The molecule has 0 bridgehead atoms. The van der Waals surface area contributed by atoms with Crippen LogP contribution in [0.2, 0.25) is 0 Å². The number of nitrogens with one attached hydrogen (secondary N) is 1. The van der Waals surface area contributed by atoms with Gasteiger partial charge < -0.3 is 34.1 Å². The Bertz CT molecular complexity index is 1930. The Hall–Kier alpha value is -4.15. The number of aliphatic hydroxyl groups excluding tert-OH is 1. The molecule has 4 aromatic carbocycles. The van der Waals surface area contributed by atoms with Crippen LogP contribution in [0.1, 0.15) is 190 Å². The minimum Gasteiger partial charge on any atom is -0.387 e. The van der Waals surface area contributed by atoms with Crippen molar-refractivity contribution in [2.24, 2.45) is 0 Å². The van der Waals surface area contributed by atoms with Gasteiger partial charge in [-0.3, -0.25) is 4.79 Å². The molecule has 402 valence electrons. The first-order chi connectivity index (χ1) is 36.0. The van der Waals surface area contributed by atoms with Gasteiger partial charge in [-0.1, -0.05) is 276 Å². The summed E-state index contributed by atoms with van der Waals surface area (Å²) in [4.78, 5) is 13.7. The van der Waals surface area contributed by atoms with E-state index in [1.165, 1.54) is 134 Å². The van der Waals surface area contributed by atoms with E-state index in [9.17, 15) is 9.90 Å². The molecule has 0 aromatic heterocycles. The smallest absolute Gasteiger partial charge is 0.220 e. The van der Waals surface area contributed by atoms with Gasteiger partial charge in [0.25, 0.3) is 0 Å². The van der Waals surface area contributed by atoms with Crippen LogP contribution in [0.25, 0.3) is 0 Å². The zero-order valence-corrected chi connectivity index (χ0v) is 45.0. The number of hydrogen-bond acceptors (Lipinski definition) is 7. The Balaban J connectivity index is 1.11. The van der Waals surface area contributed by atoms with Crippen molar-refractivity contribution in [1.82, 2.24) is 5.32 Å². The first-order valence-electron chi connectivity index (χ1n) is 28.9. The number of unbranched alkanes of at least 4 members (excludes halogenated alkanes) is 22. The molecule has 0 radical (unpaired) electrons. The van der Waals surface area contributed by atoms with Crippen molar-refractivity contribution in [1.29, 1.82) is 0 Å². The van der Waals surface area contributed by atoms with Gasteiger partial charge in [-0.15, -0.1) is 6.58 Å². The van der Waals surface area contributed by atoms with Gasteiger partial charge in [-0.25, -0.2) is 0 Å². The van der Waals surface area contributed by atoms with E-state index >= 15 is 0 Å². The molecule has 1 heterocycles. The third-order valence-corrected chi connectivity index (χ3v) is 14.5. The van der Waals surface area contributed by atoms with Crippen LogP contribution >= 0.6 is 0 Å². The molecule has 0 unspecified atom stereocenters. The second kappa shape index (κ2) is 38.4. The van der Waals surface area contributed by atoms with Crippen molar-refractivity contribution < 1.29 is 33.6 Å². The van der Waals surface area contributed by atoms with E-state index in [4.69, 9.17) is 23.7 Å². The van der Waals surface area contributed by atoms with Crippen LogP contribution in [0.15, 0.2) is 134 Å². The second-order valence-electron chi connectivity index (χ2n) is 20.7. The highest BCUT2D eigenvalue weighted by Gasteiger charge is 2.49. The summed E-state index contributed by atoms with van der Waals surface area (Å²) in [7, 11) is 0. The van der Waals surface area contributed by atoms with Crippen LogP contribution in [0, 0.1) is 0 Å². The molecule has 8 nitrogen and oxygen atoms in total. The monoisotopic (exact) mass is 1000 g/mol. The van der Waals surface area contributed by atoms with E-state index in [0.29, 0.717) is 32.8 Å². The molecule has 7 atom stereocenters. The van der Waals surface area contributed by atoms with Gasteiger partial charge in [-0.05, 0) is 35.1 Å². The van der Waals surface area contributed by atoms with Crippen LogP contribution in [0.5, 0.6) is 0 Å². The first-order valence-corrected chi connectivity index (χ1v) is 28.9. The second-order valence-corrected chi connectivity index (χ2v) is 20.7. The van der Waals surface area contributed by atoms with E-state index in [2.05, 4.69) is 18.8 Å². The standard InChI is InChI=1S/C65H95NO7/c1-3-5-6-7-8-9-10-11-12-13-14-15-16-17-18-19-20-21-22-23-24-25-38-47-62(68)66-58(59(67)4-2)48-60-63(70-50-55-41-32-27-33-42-55)65(72-52-57-45-36-29-37-46-57)64(71-51-56-43-34-28-35-44-56)61(73-60)53-69-49-54-39-30-26-31-40-54/h4,26-37,39-46,58-61,63-65,67H,2-3,5-25,38,47-53H2,1H3,(H,66,68)/t58-,59+,60+,61+,63-,64-,65+/m0/s1. The summed E-state index contributed by atoms with van der Waals surface area (Å²) >= 11 is 0. The molecule has 2 N–H and O–H groups in total. The van der Waals surface area contributed by atoms with E-state index in [0.717, 1.165) is 41.5 Å². The fourth-order valence-electron chi connectivity index (χ4n) is 10.1. The third kappa shape index (κ3) is 25.3. The Morgan fingerprint density at radius 1 is 0.507 bits per heavy atom. The molecular formula is C65H95NO7. The van der Waals surface area contributed by atoms with Crippen molar-refractivity contribution in [3.63, 3.8) is 0 Å². The van der Waals surface area contributed by atoms with Crippen molar-refractivity contribution in [2.75, 3.05) is 6.61 Å². The highest BCUT2D eigenvalue weighted by atomic mass is 16.6. The maximum Gasteiger partial charge on any atom is 0.220 e.